The Labute approximate surface area is 148 Å². The number of rotatable bonds is 5. The summed E-state index contributed by atoms with van der Waals surface area (Å²) in [5, 5.41) is 0.361. The number of benzene rings is 2. The highest BCUT2D eigenvalue weighted by Gasteiger charge is 2.17. The minimum absolute atomic E-state index is 0.0908. The van der Waals surface area contributed by atoms with Crippen LogP contribution in [-0.2, 0) is 6.42 Å². The van der Waals surface area contributed by atoms with E-state index in [0.29, 0.717) is 6.29 Å². The summed E-state index contributed by atoms with van der Waals surface area (Å²) in [6.07, 6.45) is 0.854. The lowest BCUT2D eigenvalue weighted by molar-refractivity contribution is 0.0992. The largest absolute Gasteiger partial charge is 0.297 e. The van der Waals surface area contributed by atoms with Crippen LogP contribution in [0.4, 0.5) is 0 Å². The van der Waals surface area contributed by atoms with Gasteiger partial charge >= 0.3 is 0 Å². The molecule has 3 aromatic rings. The van der Waals surface area contributed by atoms with Gasteiger partial charge in [-0.3, -0.25) is 9.59 Å². The van der Waals surface area contributed by atoms with Crippen LogP contribution in [0.5, 0.6) is 0 Å². The second-order valence-corrected chi connectivity index (χ2v) is 6.74. The predicted octanol–water partition coefficient (Wildman–Crippen LogP) is 5.01. The normalized spacial score (nSPS) is 10.6. The summed E-state index contributed by atoms with van der Waals surface area (Å²) >= 11 is 6.88. The standard InChI is InChI=1S/C19H14ClNO2S/c1-12-14(8-5-9-15(12)13-6-3-2-4-7-13)10-16(23)19-21-18(20)17(11-22)24-19/h2-9,11H,10H2,1H3. The van der Waals surface area contributed by atoms with Crippen LogP contribution in [0.15, 0.2) is 48.5 Å². The molecule has 24 heavy (non-hydrogen) atoms. The Morgan fingerprint density at radius 2 is 1.92 bits per heavy atom. The van der Waals surface area contributed by atoms with Crippen molar-refractivity contribution in [2.45, 2.75) is 13.3 Å². The molecular formula is C19H14ClNO2S. The van der Waals surface area contributed by atoms with Crippen molar-refractivity contribution in [3.8, 4) is 11.1 Å². The van der Waals surface area contributed by atoms with E-state index < -0.39 is 0 Å². The van der Waals surface area contributed by atoms with Gasteiger partial charge in [0.05, 0.1) is 0 Å². The van der Waals surface area contributed by atoms with Gasteiger partial charge < -0.3 is 0 Å². The van der Waals surface area contributed by atoms with Crippen LogP contribution in [0.3, 0.4) is 0 Å². The van der Waals surface area contributed by atoms with E-state index in [9.17, 15) is 9.59 Å². The minimum Gasteiger partial charge on any atom is -0.297 e. The topological polar surface area (TPSA) is 47.0 Å². The summed E-state index contributed by atoms with van der Waals surface area (Å²) in [5.41, 5.74) is 4.23. The molecule has 0 spiro atoms. The number of halogens is 1. The second kappa shape index (κ2) is 7.07. The van der Waals surface area contributed by atoms with Crippen molar-refractivity contribution in [1.29, 1.82) is 0 Å². The average molecular weight is 356 g/mol. The van der Waals surface area contributed by atoms with E-state index in [0.717, 1.165) is 33.6 Å². The molecule has 120 valence electrons. The number of hydrogen-bond acceptors (Lipinski definition) is 4. The van der Waals surface area contributed by atoms with E-state index in [1.807, 2.05) is 55.5 Å². The third-order valence-electron chi connectivity index (χ3n) is 3.84. The third kappa shape index (κ3) is 3.30. The number of thiazole rings is 1. The molecule has 0 unspecified atom stereocenters. The zero-order valence-corrected chi connectivity index (χ0v) is 14.5. The molecule has 2 aromatic carbocycles. The molecule has 0 amide bonds. The van der Waals surface area contributed by atoms with Crippen molar-refractivity contribution in [2.75, 3.05) is 0 Å². The first-order chi connectivity index (χ1) is 11.6. The fourth-order valence-electron chi connectivity index (χ4n) is 2.56. The van der Waals surface area contributed by atoms with Gasteiger partial charge in [-0.1, -0.05) is 60.1 Å². The number of Topliss-reactive ketones (excluding diaryl/α,β-unsaturated/α-hetero) is 1. The molecule has 1 heterocycles. The molecule has 0 aliphatic rings. The number of ketones is 1. The van der Waals surface area contributed by atoms with Gasteiger partial charge in [0.1, 0.15) is 4.88 Å². The summed E-state index contributed by atoms with van der Waals surface area (Å²) in [6.45, 7) is 2.01. The van der Waals surface area contributed by atoms with Gasteiger partial charge in [-0.05, 0) is 29.2 Å². The van der Waals surface area contributed by atoms with Crippen LogP contribution in [-0.4, -0.2) is 17.1 Å². The first-order valence-electron chi connectivity index (χ1n) is 7.38. The number of aromatic nitrogens is 1. The fourth-order valence-corrected chi connectivity index (χ4v) is 3.56. The van der Waals surface area contributed by atoms with E-state index in [1.54, 1.807) is 0 Å². The molecule has 0 saturated heterocycles. The van der Waals surface area contributed by atoms with Crippen LogP contribution >= 0.6 is 22.9 Å². The molecule has 5 heteroatoms. The maximum atomic E-state index is 12.5. The molecule has 1 aromatic heterocycles. The smallest absolute Gasteiger partial charge is 0.195 e. The SMILES string of the molecule is Cc1c(CC(=O)c2nc(Cl)c(C=O)s2)cccc1-c1ccccc1. The molecule has 0 bridgehead atoms. The van der Waals surface area contributed by atoms with E-state index in [2.05, 4.69) is 4.98 Å². The monoisotopic (exact) mass is 355 g/mol. The van der Waals surface area contributed by atoms with Crippen LogP contribution in [0.25, 0.3) is 11.1 Å². The molecule has 0 N–H and O–H groups in total. The van der Waals surface area contributed by atoms with Gasteiger partial charge in [0.2, 0.25) is 0 Å². The van der Waals surface area contributed by atoms with Crippen molar-refractivity contribution < 1.29 is 9.59 Å². The number of hydrogen-bond donors (Lipinski definition) is 0. The van der Waals surface area contributed by atoms with Crippen molar-refractivity contribution in [2.24, 2.45) is 0 Å². The van der Waals surface area contributed by atoms with Gasteiger partial charge in [-0.25, -0.2) is 4.98 Å². The molecule has 3 rings (SSSR count). The van der Waals surface area contributed by atoms with Gasteiger partial charge in [-0.15, -0.1) is 11.3 Å². The summed E-state index contributed by atoms with van der Waals surface area (Å²) in [4.78, 5) is 27.6. The maximum absolute atomic E-state index is 12.5. The molecule has 0 radical (unpaired) electrons. The van der Waals surface area contributed by atoms with Crippen molar-refractivity contribution in [3.63, 3.8) is 0 Å². The summed E-state index contributed by atoms with van der Waals surface area (Å²) in [7, 11) is 0. The summed E-state index contributed by atoms with van der Waals surface area (Å²) in [5.74, 6) is -0.136. The van der Waals surface area contributed by atoms with Crippen LogP contribution in [0.1, 0.15) is 30.6 Å². The van der Waals surface area contributed by atoms with Crippen molar-refractivity contribution in [1.82, 2.24) is 4.98 Å². The Balaban J connectivity index is 1.90. The zero-order chi connectivity index (χ0) is 17.1. The van der Waals surface area contributed by atoms with E-state index in [4.69, 9.17) is 11.6 Å². The fraction of sp³-hybridized carbons (Fsp3) is 0.105. The Kier molecular flexibility index (Phi) is 4.88. The van der Waals surface area contributed by atoms with Crippen molar-refractivity contribution >= 4 is 35.0 Å². The predicted molar refractivity (Wildman–Crippen MR) is 97.2 cm³/mol. The van der Waals surface area contributed by atoms with Gasteiger partial charge in [0.15, 0.2) is 22.2 Å². The summed E-state index contributed by atoms with van der Waals surface area (Å²) in [6, 6.07) is 16.0. The van der Waals surface area contributed by atoms with E-state index in [-0.39, 0.29) is 27.2 Å². The van der Waals surface area contributed by atoms with Gasteiger partial charge in [-0.2, -0.15) is 0 Å². The third-order valence-corrected chi connectivity index (χ3v) is 5.26. The first kappa shape index (κ1) is 16.6. The lowest BCUT2D eigenvalue weighted by atomic mass is 9.94. The second-order valence-electron chi connectivity index (χ2n) is 5.35. The molecule has 0 atom stereocenters. The van der Waals surface area contributed by atoms with Crippen LogP contribution < -0.4 is 0 Å². The Hall–Kier alpha value is -2.30. The molecule has 0 saturated carbocycles. The van der Waals surface area contributed by atoms with Gasteiger partial charge in [0.25, 0.3) is 0 Å². The number of carbonyl (C=O) groups is 2. The van der Waals surface area contributed by atoms with Crippen molar-refractivity contribution in [3.05, 3.63) is 74.7 Å². The summed E-state index contributed by atoms with van der Waals surface area (Å²) < 4.78 is 0. The number of carbonyl (C=O) groups excluding carboxylic acids is 2. The molecule has 0 aliphatic carbocycles. The quantitative estimate of drug-likeness (QED) is 0.477. The van der Waals surface area contributed by atoms with Crippen LogP contribution in [0.2, 0.25) is 5.15 Å². The Bertz CT molecular complexity index is 903. The Morgan fingerprint density at radius 1 is 1.17 bits per heavy atom. The van der Waals surface area contributed by atoms with E-state index in [1.165, 1.54) is 0 Å². The highest BCUT2D eigenvalue weighted by Crippen LogP contribution is 2.27. The first-order valence-corrected chi connectivity index (χ1v) is 8.58. The van der Waals surface area contributed by atoms with Gasteiger partial charge in [0, 0.05) is 6.42 Å². The van der Waals surface area contributed by atoms with E-state index >= 15 is 0 Å². The minimum atomic E-state index is -0.136. The lowest BCUT2D eigenvalue weighted by Crippen LogP contribution is -2.05. The Morgan fingerprint density at radius 3 is 2.58 bits per heavy atom. The molecule has 3 nitrogen and oxygen atoms in total. The molecular weight excluding hydrogens is 342 g/mol. The highest BCUT2D eigenvalue weighted by molar-refractivity contribution is 7.15. The zero-order valence-electron chi connectivity index (χ0n) is 13.0. The lowest BCUT2D eigenvalue weighted by Gasteiger charge is -2.10. The average Bonchev–Trinajstić information content (AvgIpc) is 2.98. The van der Waals surface area contributed by atoms with Crippen LogP contribution in [0, 0.1) is 6.92 Å². The molecule has 0 aliphatic heterocycles. The molecule has 0 fully saturated rings. The number of aldehydes is 1. The number of nitrogens with zero attached hydrogens (tertiary/aromatic N) is 1. The highest BCUT2D eigenvalue weighted by atomic mass is 35.5. The maximum Gasteiger partial charge on any atom is 0.195 e.